The van der Waals surface area contributed by atoms with Crippen LogP contribution in [0.3, 0.4) is 0 Å². The van der Waals surface area contributed by atoms with Gasteiger partial charge in [0.25, 0.3) is 0 Å². The lowest BCUT2D eigenvalue weighted by atomic mass is 9.83. The van der Waals surface area contributed by atoms with E-state index in [1.807, 2.05) is 23.9 Å². The fraction of sp³-hybridized carbons (Fsp3) is 0.485. The maximum absolute atomic E-state index is 15.6. The number of amides is 3. The van der Waals surface area contributed by atoms with Crippen molar-refractivity contribution in [3.8, 4) is 22.4 Å². The highest BCUT2D eigenvalue weighted by atomic mass is 32.1. The quantitative estimate of drug-likeness (QED) is 0.283. The third-order valence-corrected chi connectivity index (χ3v) is 9.16. The topological polar surface area (TPSA) is 114 Å². The summed E-state index contributed by atoms with van der Waals surface area (Å²) in [5, 5.41) is 18.4. The van der Waals surface area contributed by atoms with Gasteiger partial charge in [-0.15, -0.1) is 10.2 Å². The lowest BCUT2D eigenvalue weighted by molar-refractivity contribution is -0.130. The molecule has 9 nitrogen and oxygen atoms in total. The lowest BCUT2D eigenvalue weighted by Gasteiger charge is -2.34. The van der Waals surface area contributed by atoms with E-state index in [1.54, 1.807) is 50.8 Å². The van der Waals surface area contributed by atoms with Crippen LogP contribution in [0.4, 0.5) is 15.0 Å². The van der Waals surface area contributed by atoms with E-state index in [9.17, 15) is 14.4 Å². The Labute approximate surface area is 261 Å². The Morgan fingerprint density at radius 2 is 1.80 bits per heavy atom. The van der Waals surface area contributed by atoms with Gasteiger partial charge in [0, 0.05) is 43.1 Å². The minimum Gasteiger partial charge on any atom is -0.444 e. The van der Waals surface area contributed by atoms with E-state index in [1.165, 1.54) is 17.4 Å². The number of carbonyl (C=O) groups is 3. The summed E-state index contributed by atoms with van der Waals surface area (Å²) in [7, 11) is 1.84. The number of thiophene rings is 1. The van der Waals surface area contributed by atoms with Gasteiger partial charge in [-0.3, -0.25) is 9.59 Å². The second-order valence-corrected chi connectivity index (χ2v) is 13.7. The molecule has 2 N–H and O–H groups in total. The third kappa shape index (κ3) is 7.43. The molecule has 2 aliphatic rings. The minimum atomic E-state index is -0.788. The predicted octanol–water partition coefficient (Wildman–Crippen LogP) is 6.89. The Kier molecular flexibility index (Phi) is 9.06. The van der Waals surface area contributed by atoms with Crippen molar-refractivity contribution in [1.82, 2.24) is 20.4 Å². The molecule has 0 saturated heterocycles. The number of hydrogen-bond donors (Lipinski definition) is 2. The van der Waals surface area contributed by atoms with Crippen molar-refractivity contribution in [1.29, 1.82) is 0 Å². The van der Waals surface area contributed by atoms with Crippen LogP contribution in [0.2, 0.25) is 0 Å². The van der Waals surface area contributed by atoms with Crippen LogP contribution >= 0.6 is 11.3 Å². The number of carbonyl (C=O) groups excluding carboxylic acids is 3. The zero-order valence-corrected chi connectivity index (χ0v) is 26.7. The normalized spacial score (nSPS) is 19.1. The predicted molar refractivity (Wildman–Crippen MR) is 168 cm³/mol. The summed E-state index contributed by atoms with van der Waals surface area (Å²) in [4.78, 5) is 38.9. The molecular weight excluding hydrogens is 581 g/mol. The lowest BCUT2D eigenvalue weighted by Crippen LogP contribution is -2.39. The molecule has 2 aliphatic carbocycles. The van der Waals surface area contributed by atoms with Crippen LogP contribution in [0.1, 0.15) is 78.2 Å². The van der Waals surface area contributed by atoms with E-state index in [4.69, 9.17) is 4.74 Å². The molecule has 0 spiro atoms. The maximum atomic E-state index is 15.6. The van der Waals surface area contributed by atoms with Gasteiger partial charge >= 0.3 is 6.09 Å². The van der Waals surface area contributed by atoms with Crippen molar-refractivity contribution < 1.29 is 23.5 Å². The number of nitrogens with one attached hydrogen (secondary N) is 2. The molecule has 2 heterocycles. The number of ether oxygens (including phenoxy) is 1. The Balaban J connectivity index is 1.30. The molecule has 3 aromatic rings. The minimum absolute atomic E-state index is 0.0651. The number of nitrogens with zero attached hydrogens (tertiary/aromatic N) is 3. The van der Waals surface area contributed by atoms with Gasteiger partial charge in [0.2, 0.25) is 11.8 Å². The van der Waals surface area contributed by atoms with Crippen molar-refractivity contribution in [3.05, 3.63) is 52.5 Å². The summed E-state index contributed by atoms with van der Waals surface area (Å²) in [6, 6.07) is 8.85. The molecule has 0 unspecified atom stereocenters. The number of halogens is 1. The first-order valence-corrected chi connectivity index (χ1v) is 16.0. The van der Waals surface area contributed by atoms with Gasteiger partial charge < -0.3 is 20.3 Å². The number of hydrogen-bond acceptors (Lipinski definition) is 7. The summed E-state index contributed by atoms with van der Waals surface area (Å²) >= 11 is 1.53. The molecule has 234 valence electrons. The SMILES string of the molecule is CC(=O)N(C)C1CCC(CC(=O)Nc2cc(-c3ccsc3)c(-c3ccc(C4(NC(=O)OC(C)(C)C)CC4)c(F)c3)nn2)CC1. The first kappa shape index (κ1) is 31.6. The van der Waals surface area contributed by atoms with Crippen LogP contribution in [0.25, 0.3) is 22.4 Å². The number of aromatic nitrogens is 2. The number of alkyl carbamates (subject to hydrolysis) is 1. The maximum Gasteiger partial charge on any atom is 0.408 e. The average molecular weight is 622 g/mol. The van der Waals surface area contributed by atoms with Crippen LogP contribution in [0.5, 0.6) is 0 Å². The Morgan fingerprint density at radius 1 is 1.07 bits per heavy atom. The summed E-state index contributed by atoms with van der Waals surface area (Å²) in [6.45, 7) is 6.94. The number of rotatable bonds is 8. The number of benzene rings is 1. The van der Waals surface area contributed by atoms with Crippen molar-refractivity contribution in [2.75, 3.05) is 12.4 Å². The summed E-state index contributed by atoms with van der Waals surface area (Å²) in [5.74, 6) is 0.0668. The van der Waals surface area contributed by atoms with E-state index in [0.717, 1.165) is 36.8 Å². The van der Waals surface area contributed by atoms with E-state index >= 15 is 4.39 Å². The summed E-state index contributed by atoms with van der Waals surface area (Å²) < 4.78 is 21.0. The molecule has 2 saturated carbocycles. The molecule has 0 aliphatic heterocycles. The first-order valence-electron chi connectivity index (χ1n) is 15.1. The van der Waals surface area contributed by atoms with Crippen molar-refractivity contribution in [3.63, 3.8) is 0 Å². The monoisotopic (exact) mass is 621 g/mol. The molecule has 5 rings (SSSR count). The van der Waals surface area contributed by atoms with E-state index in [-0.39, 0.29) is 23.8 Å². The zero-order chi connectivity index (χ0) is 31.6. The second-order valence-electron chi connectivity index (χ2n) is 13.0. The molecule has 11 heteroatoms. The Morgan fingerprint density at radius 3 is 2.39 bits per heavy atom. The first-order chi connectivity index (χ1) is 20.8. The van der Waals surface area contributed by atoms with Crippen LogP contribution in [0.15, 0.2) is 41.1 Å². The molecule has 0 bridgehead atoms. The van der Waals surface area contributed by atoms with Crippen LogP contribution in [-0.2, 0) is 19.9 Å². The Bertz CT molecular complexity index is 1530. The smallest absolute Gasteiger partial charge is 0.408 e. The summed E-state index contributed by atoms with van der Waals surface area (Å²) in [5.41, 5.74) is 1.61. The molecule has 1 aromatic carbocycles. The zero-order valence-electron chi connectivity index (χ0n) is 25.9. The second kappa shape index (κ2) is 12.6. The highest BCUT2D eigenvalue weighted by Crippen LogP contribution is 2.47. The molecule has 0 atom stereocenters. The molecule has 2 fully saturated rings. The Hall–Kier alpha value is -3.86. The van der Waals surface area contributed by atoms with Crippen LogP contribution in [-0.4, -0.2) is 51.7 Å². The summed E-state index contributed by atoms with van der Waals surface area (Å²) in [6.07, 6.45) is 4.58. The molecular formula is C33H40FN5O4S. The standard InChI is InChI=1S/C33H40FN5O4S/c1-20(40)39(5)24-9-6-21(7-10-24)16-29(41)35-28-18-25(23-12-15-44-19-23)30(38-37-28)22-8-11-26(27(34)17-22)33(13-14-33)36-31(42)43-32(2,3)4/h8,11-12,15,17-19,21,24H,6-7,9-10,13-14,16H2,1-5H3,(H,36,42)(H,35,37,41). The molecule has 3 amide bonds. The van der Waals surface area contributed by atoms with Crippen molar-refractivity contribution in [2.45, 2.75) is 89.8 Å². The largest absolute Gasteiger partial charge is 0.444 e. The van der Waals surface area contributed by atoms with Crippen LogP contribution < -0.4 is 10.6 Å². The fourth-order valence-electron chi connectivity index (χ4n) is 5.89. The van der Waals surface area contributed by atoms with Gasteiger partial charge in [0.15, 0.2) is 5.82 Å². The van der Waals surface area contributed by atoms with Gasteiger partial charge in [-0.1, -0.05) is 12.1 Å². The van der Waals surface area contributed by atoms with E-state index in [2.05, 4.69) is 20.8 Å². The van der Waals surface area contributed by atoms with Gasteiger partial charge in [0.1, 0.15) is 17.1 Å². The molecule has 0 radical (unpaired) electrons. The fourth-order valence-corrected chi connectivity index (χ4v) is 6.55. The van der Waals surface area contributed by atoms with Gasteiger partial charge in [-0.25, -0.2) is 9.18 Å². The van der Waals surface area contributed by atoms with Gasteiger partial charge in [0.05, 0.1) is 5.54 Å². The van der Waals surface area contributed by atoms with Crippen molar-refractivity contribution >= 4 is 35.1 Å². The van der Waals surface area contributed by atoms with Gasteiger partial charge in [-0.05, 0) is 99.7 Å². The van der Waals surface area contributed by atoms with E-state index < -0.39 is 23.1 Å². The number of anilines is 1. The highest BCUT2D eigenvalue weighted by Gasteiger charge is 2.48. The van der Waals surface area contributed by atoms with E-state index in [0.29, 0.717) is 41.9 Å². The third-order valence-electron chi connectivity index (χ3n) is 8.48. The van der Waals surface area contributed by atoms with Crippen LogP contribution in [0, 0.1) is 11.7 Å². The molecule has 2 aromatic heterocycles. The van der Waals surface area contributed by atoms with Crippen molar-refractivity contribution in [2.24, 2.45) is 5.92 Å². The van der Waals surface area contributed by atoms with Gasteiger partial charge in [-0.2, -0.15) is 11.3 Å². The highest BCUT2D eigenvalue weighted by molar-refractivity contribution is 7.08. The average Bonchev–Trinajstić information content (AvgIpc) is 3.50. The molecule has 44 heavy (non-hydrogen) atoms.